The Morgan fingerprint density at radius 2 is 2.15 bits per heavy atom. The topological polar surface area (TPSA) is 27.7 Å². The van der Waals surface area contributed by atoms with Gasteiger partial charge in [-0.05, 0) is 26.3 Å². The van der Waals surface area contributed by atoms with Crippen molar-refractivity contribution in [1.82, 2.24) is 0 Å². The minimum absolute atomic E-state index is 0.131. The summed E-state index contributed by atoms with van der Waals surface area (Å²) in [5.41, 5.74) is 0. The summed E-state index contributed by atoms with van der Waals surface area (Å²) in [4.78, 5) is 0. The van der Waals surface area contributed by atoms with E-state index in [0.29, 0.717) is 13.2 Å². The molecule has 0 saturated carbocycles. The van der Waals surface area contributed by atoms with E-state index in [-0.39, 0.29) is 12.4 Å². The van der Waals surface area contributed by atoms with Crippen molar-refractivity contribution in [3.63, 3.8) is 0 Å². The Balaban J connectivity index is 2.09. The van der Waals surface area contributed by atoms with Crippen LogP contribution in [0.5, 0.6) is 0 Å². The molecule has 0 spiro atoms. The third-order valence-corrected chi connectivity index (χ3v) is 1.86. The molecular weight excluding hydrogens is 168 g/mol. The number of ether oxygens (including phenoxy) is 3. The van der Waals surface area contributed by atoms with E-state index >= 15 is 0 Å². The van der Waals surface area contributed by atoms with E-state index in [1.54, 1.807) is 0 Å². The Kier molecular flexibility index (Phi) is 5.05. The van der Waals surface area contributed by atoms with Crippen molar-refractivity contribution in [2.45, 2.75) is 32.7 Å². The third-order valence-electron chi connectivity index (χ3n) is 1.86. The second kappa shape index (κ2) is 6.13. The molecule has 1 saturated heterocycles. The molecule has 1 heterocycles. The number of hydrogen-bond donors (Lipinski definition) is 0. The van der Waals surface area contributed by atoms with Crippen LogP contribution in [-0.2, 0) is 14.2 Å². The van der Waals surface area contributed by atoms with Crippen LogP contribution in [0.2, 0.25) is 0 Å². The first-order valence-electron chi connectivity index (χ1n) is 4.84. The van der Waals surface area contributed by atoms with Crippen molar-refractivity contribution >= 4 is 0 Å². The van der Waals surface area contributed by atoms with E-state index in [0.717, 1.165) is 13.0 Å². The maximum absolute atomic E-state index is 5.37. The first-order chi connectivity index (χ1) is 6.33. The fourth-order valence-corrected chi connectivity index (χ4v) is 1.22. The monoisotopic (exact) mass is 186 g/mol. The molecule has 0 radical (unpaired) electrons. The van der Waals surface area contributed by atoms with Crippen LogP contribution in [0.4, 0.5) is 0 Å². The second-order valence-corrected chi connectivity index (χ2v) is 3.04. The van der Waals surface area contributed by atoms with Crippen LogP contribution in [0.15, 0.2) is 12.2 Å². The summed E-state index contributed by atoms with van der Waals surface area (Å²) in [5, 5.41) is 0. The normalized spacial score (nSPS) is 21.4. The van der Waals surface area contributed by atoms with E-state index < -0.39 is 0 Å². The predicted molar refractivity (Wildman–Crippen MR) is 50.5 cm³/mol. The molecule has 0 aromatic rings. The zero-order valence-corrected chi connectivity index (χ0v) is 8.36. The van der Waals surface area contributed by atoms with Crippen molar-refractivity contribution in [3.8, 4) is 0 Å². The van der Waals surface area contributed by atoms with Crippen molar-refractivity contribution in [3.05, 3.63) is 12.2 Å². The van der Waals surface area contributed by atoms with Gasteiger partial charge < -0.3 is 14.2 Å². The molecule has 3 nitrogen and oxygen atoms in total. The molecule has 0 unspecified atom stereocenters. The largest absolute Gasteiger partial charge is 0.378 e. The summed E-state index contributed by atoms with van der Waals surface area (Å²) in [5.74, 6) is 0. The quantitative estimate of drug-likeness (QED) is 0.612. The fourth-order valence-electron chi connectivity index (χ4n) is 1.22. The molecular formula is C10H18O3. The summed E-state index contributed by atoms with van der Waals surface area (Å²) < 4.78 is 15.9. The zero-order chi connectivity index (χ0) is 9.52. The molecule has 0 aromatic carbocycles. The van der Waals surface area contributed by atoms with Gasteiger partial charge in [0.1, 0.15) is 0 Å². The molecule has 13 heavy (non-hydrogen) atoms. The summed E-state index contributed by atoms with van der Waals surface area (Å²) in [6.07, 6.45) is 5.06. The van der Waals surface area contributed by atoms with Crippen LogP contribution in [-0.4, -0.2) is 32.2 Å². The van der Waals surface area contributed by atoms with Gasteiger partial charge in [0.05, 0.1) is 19.3 Å². The lowest BCUT2D eigenvalue weighted by molar-refractivity contribution is -0.00204. The molecule has 3 heteroatoms. The number of hydrogen-bond acceptors (Lipinski definition) is 3. The van der Waals surface area contributed by atoms with E-state index in [1.807, 2.05) is 13.0 Å². The average Bonchev–Trinajstić information content (AvgIpc) is 2.57. The first-order valence-corrected chi connectivity index (χ1v) is 4.84. The standard InChI is InChI=1S/C10H18O3/c1-3-11-9(2)5-4-6-10-12-7-8-13-10/h4,6,9-10H,3,5,7-8H2,1-2H3/b6-4+/t9-/m0/s1. The maximum Gasteiger partial charge on any atom is 0.177 e. The lowest BCUT2D eigenvalue weighted by Gasteiger charge is -2.08. The summed E-state index contributed by atoms with van der Waals surface area (Å²) in [6, 6.07) is 0. The van der Waals surface area contributed by atoms with Gasteiger partial charge in [-0.2, -0.15) is 0 Å². The maximum atomic E-state index is 5.37. The van der Waals surface area contributed by atoms with Gasteiger partial charge in [-0.15, -0.1) is 0 Å². The van der Waals surface area contributed by atoms with E-state index in [9.17, 15) is 0 Å². The van der Waals surface area contributed by atoms with Gasteiger partial charge in [0, 0.05) is 6.61 Å². The van der Waals surface area contributed by atoms with Crippen LogP contribution in [0.25, 0.3) is 0 Å². The molecule has 0 aliphatic carbocycles. The van der Waals surface area contributed by atoms with Crippen LogP contribution in [0, 0.1) is 0 Å². The van der Waals surface area contributed by atoms with Crippen molar-refractivity contribution < 1.29 is 14.2 Å². The van der Waals surface area contributed by atoms with Crippen LogP contribution in [0.1, 0.15) is 20.3 Å². The molecule has 1 fully saturated rings. The Labute approximate surface area is 79.7 Å². The average molecular weight is 186 g/mol. The molecule has 0 N–H and O–H groups in total. The van der Waals surface area contributed by atoms with Gasteiger partial charge in [0.25, 0.3) is 0 Å². The third kappa shape index (κ3) is 4.41. The smallest absolute Gasteiger partial charge is 0.177 e. The highest BCUT2D eigenvalue weighted by atomic mass is 16.7. The van der Waals surface area contributed by atoms with Gasteiger partial charge in [-0.3, -0.25) is 0 Å². The minimum Gasteiger partial charge on any atom is -0.378 e. The van der Waals surface area contributed by atoms with Gasteiger partial charge in [-0.25, -0.2) is 0 Å². The van der Waals surface area contributed by atoms with Crippen LogP contribution >= 0.6 is 0 Å². The Hall–Kier alpha value is -0.380. The molecule has 1 aliphatic rings. The highest BCUT2D eigenvalue weighted by Gasteiger charge is 2.11. The zero-order valence-electron chi connectivity index (χ0n) is 8.36. The van der Waals surface area contributed by atoms with Gasteiger partial charge in [0.2, 0.25) is 0 Å². The number of rotatable bonds is 5. The van der Waals surface area contributed by atoms with Crippen molar-refractivity contribution in [2.24, 2.45) is 0 Å². The van der Waals surface area contributed by atoms with E-state index in [1.165, 1.54) is 0 Å². The molecule has 1 rings (SSSR count). The minimum atomic E-state index is -0.131. The van der Waals surface area contributed by atoms with Crippen LogP contribution in [0.3, 0.4) is 0 Å². The Morgan fingerprint density at radius 1 is 1.46 bits per heavy atom. The lowest BCUT2D eigenvalue weighted by atomic mass is 10.2. The second-order valence-electron chi connectivity index (χ2n) is 3.04. The first kappa shape index (κ1) is 10.7. The Bertz CT molecular complexity index is 150. The van der Waals surface area contributed by atoms with Gasteiger partial charge in [0.15, 0.2) is 6.29 Å². The van der Waals surface area contributed by atoms with Gasteiger partial charge in [-0.1, -0.05) is 6.08 Å². The van der Waals surface area contributed by atoms with Crippen molar-refractivity contribution in [1.29, 1.82) is 0 Å². The summed E-state index contributed by atoms with van der Waals surface area (Å²) >= 11 is 0. The molecule has 1 atom stereocenters. The molecule has 76 valence electrons. The summed E-state index contributed by atoms with van der Waals surface area (Å²) in [7, 11) is 0. The van der Waals surface area contributed by atoms with Crippen molar-refractivity contribution in [2.75, 3.05) is 19.8 Å². The SMILES string of the molecule is CCO[C@@H](C)C/C=C/C1OCCO1. The van der Waals surface area contributed by atoms with Crippen LogP contribution < -0.4 is 0 Å². The lowest BCUT2D eigenvalue weighted by Crippen LogP contribution is -2.07. The molecule has 0 bridgehead atoms. The molecule has 1 aliphatic heterocycles. The van der Waals surface area contributed by atoms with Gasteiger partial charge >= 0.3 is 0 Å². The highest BCUT2D eigenvalue weighted by Crippen LogP contribution is 2.06. The highest BCUT2D eigenvalue weighted by molar-refractivity contribution is 4.87. The van der Waals surface area contributed by atoms with E-state index in [4.69, 9.17) is 14.2 Å². The fraction of sp³-hybridized carbons (Fsp3) is 0.800. The predicted octanol–water partition coefficient (Wildman–Crippen LogP) is 1.73. The summed E-state index contributed by atoms with van der Waals surface area (Å²) in [6.45, 7) is 6.24. The Morgan fingerprint density at radius 3 is 2.77 bits per heavy atom. The molecule has 0 aromatic heterocycles. The van der Waals surface area contributed by atoms with E-state index in [2.05, 4.69) is 13.0 Å². The molecule has 0 amide bonds.